The van der Waals surface area contributed by atoms with Crippen LogP contribution in [0.4, 0.5) is 0 Å². The summed E-state index contributed by atoms with van der Waals surface area (Å²) in [5.74, 6) is -0.209. The van der Waals surface area contributed by atoms with Crippen molar-refractivity contribution in [3.63, 3.8) is 0 Å². The fourth-order valence-corrected chi connectivity index (χ4v) is 8.84. The van der Waals surface area contributed by atoms with Crippen LogP contribution in [0.5, 0.6) is 0 Å². The zero-order valence-corrected chi connectivity index (χ0v) is 47.1. The average Bonchev–Trinajstić information content (AvgIpc) is 3.40. The molecule has 0 bridgehead atoms. The maximum atomic E-state index is 13.1. The van der Waals surface area contributed by atoms with Crippen molar-refractivity contribution in [2.45, 2.75) is 281 Å². The van der Waals surface area contributed by atoms with Gasteiger partial charge in [0.1, 0.15) is 24.4 Å². The molecular weight excluding hydrogens is 923 g/mol. The number of aliphatic hydroxyl groups is 5. The number of carbonyl (C=O) groups is 1. The number of unbranched alkanes of at least 4 members (excludes halogenated alkanes) is 24. The summed E-state index contributed by atoms with van der Waals surface area (Å²) in [5.41, 5.74) is 0. The van der Waals surface area contributed by atoms with E-state index in [4.69, 9.17) is 9.47 Å². The van der Waals surface area contributed by atoms with Crippen molar-refractivity contribution in [3.8, 4) is 0 Å². The first kappa shape index (κ1) is 68.9. The summed E-state index contributed by atoms with van der Waals surface area (Å²) in [6, 6.07) is -0.846. The van der Waals surface area contributed by atoms with E-state index in [2.05, 4.69) is 116 Å². The van der Waals surface area contributed by atoms with E-state index in [0.717, 1.165) is 116 Å². The Morgan fingerprint density at radius 3 is 1.30 bits per heavy atom. The molecule has 0 spiro atoms. The van der Waals surface area contributed by atoms with Gasteiger partial charge in [-0.25, -0.2) is 0 Å². The van der Waals surface area contributed by atoms with Crippen LogP contribution in [0, 0.1) is 0 Å². The molecule has 7 atom stereocenters. The predicted octanol–water partition coefficient (Wildman–Crippen LogP) is 15.3. The molecular formula is C65H111NO8. The Bertz CT molecular complexity index is 1530. The van der Waals surface area contributed by atoms with Crippen molar-refractivity contribution in [1.29, 1.82) is 0 Å². The zero-order valence-electron chi connectivity index (χ0n) is 47.1. The maximum absolute atomic E-state index is 13.1. The standard InChI is InChI=1S/C65H111NO8/c1-3-5-7-9-11-13-15-17-19-21-23-25-27-29-31-32-34-36-38-40-42-44-46-48-50-52-54-59(68)58(57-73-65-64(72)63(71)62(70)60(56-67)74-65)66-61(69)55-53-51-49-47-45-43-41-39-37-35-33-30-28-26-24-22-20-18-16-14-12-10-8-6-4-2/h6,8,12,14,18,20,24,26,30,33,36-39,44,46,52,54,58-60,62-65,67-68,70-72H,3-5,7,9-11,13,15-17,19,21-23,25,27-29,31-32,34-35,40-43,45,47-51,53,55-57H2,1-2H3,(H,66,69)/b8-6-,14-12-,20-18-,26-24-,33-30-,38-36+,39-37-,46-44+,54-52+. The summed E-state index contributed by atoms with van der Waals surface area (Å²) in [5, 5.41) is 54.5. The molecule has 6 N–H and O–H groups in total. The van der Waals surface area contributed by atoms with Crippen molar-refractivity contribution >= 4 is 5.91 Å². The molecule has 0 radical (unpaired) electrons. The highest BCUT2D eigenvalue weighted by atomic mass is 16.7. The Labute approximate surface area is 453 Å². The molecule has 1 heterocycles. The molecule has 0 aliphatic carbocycles. The molecule has 9 heteroatoms. The van der Waals surface area contributed by atoms with Gasteiger partial charge in [0.25, 0.3) is 0 Å². The molecule has 0 aromatic heterocycles. The number of rotatable bonds is 50. The number of hydrogen-bond acceptors (Lipinski definition) is 8. The second-order valence-electron chi connectivity index (χ2n) is 20.4. The third-order valence-electron chi connectivity index (χ3n) is 13.6. The molecule has 424 valence electrons. The zero-order chi connectivity index (χ0) is 53.6. The van der Waals surface area contributed by atoms with Gasteiger partial charge in [-0.15, -0.1) is 0 Å². The lowest BCUT2D eigenvalue weighted by Crippen LogP contribution is -2.60. The van der Waals surface area contributed by atoms with Crippen LogP contribution in [-0.4, -0.2) is 87.5 Å². The molecule has 0 aromatic rings. The number of allylic oxidation sites excluding steroid dienone is 17. The second kappa shape index (κ2) is 53.3. The van der Waals surface area contributed by atoms with Crippen LogP contribution in [0.25, 0.3) is 0 Å². The molecule has 74 heavy (non-hydrogen) atoms. The fourth-order valence-electron chi connectivity index (χ4n) is 8.84. The number of amides is 1. The Balaban J connectivity index is 2.28. The van der Waals surface area contributed by atoms with E-state index in [9.17, 15) is 30.3 Å². The van der Waals surface area contributed by atoms with E-state index in [1.54, 1.807) is 6.08 Å². The van der Waals surface area contributed by atoms with E-state index >= 15 is 0 Å². The van der Waals surface area contributed by atoms with Crippen LogP contribution >= 0.6 is 0 Å². The minimum atomic E-state index is -1.59. The van der Waals surface area contributed by atoms with Crippen molar-refractivity contribution in [2.75, 3.05) is 13.2 Å². The monoisotopic (exact) mass is 1030 g/mol. The molecule has 1 rings (SSSR count). The Kier molecular flexibility index (Phi) is 49.6. The van der Waals surface area contributed by atoms with Gasteiger partial charge in [0, 0.05) is 6.42 Å². The van der Waals surface area contributed by atoms with Crippen molar-refractivity contribution < 1.29 is 39.8 Å². The normalized spacial score (nSPS) is 19.8. The lowest BCUT2D eigenvalue weighted by Gasteiger charge is -2.40. The quantitative estimate of drug-likeness (QED) is 0.0261. The van der Waals surface area contributed by atoms with Crippen LogP contribution in [0.2, 0.25) is 0 Å². The Morgan fingerprint density at radius 1 is 0.473 bits per heavy atom. The Hall–Kier alpha value is -3.15. The van der Waals surface area contributed by atoms with E-state index in [1.807, 2.05) is 6.08 Å². The van der Waals surface area contributed by atoms with Crippen molar-refractivity contribution in [3.05, 3.63) is 109 Å². The molecule has 7 unspecified atom stereocenters. The summed E-state index contributed by atoms with van der Waals surface area (Å²) in [7, 11) is 0. The van der Waals surface area contributed by atoms with Gasteiger partial charge in [-0.3, -0.25) is 4.79 Å². The van der Waals surface area contributed by atoms with E-state index < -0.39 is 49.5 Å². The minimum absolute atomic E-state index is 0.209. The molecule has 1 amide bonds. The highest BCUT2D eigenvalue weighted by Crippen LogP contribution is 2.23. The molecule has 1 aliphatic heterocycles. The summed E-state index contributed by atoms with van der Waals surface area (Å²) < 4.78 is 11.3. The summed E-state index contributed by atoms with van der Waals surface area (Å²) in [6.45, 7) is 3.64. The lowest BCUT2D eigenvalue weighted by molar-refractivity contribution is -0.302. The summed E-state index contributed by atoms with van der Waals surface area (Å²) in [4.78, 5) is 13.1. The topological polar surface area (TPSA) is 149 Å². The number of aliphatic hydroxyl groups excluding tert-OH is 5. The number of carbonyl (C=O) groups excluding carboxylic acids is 1. The van der Waals surface area contributed by atoms with Gasteiger partial charge >= 0.3 is 0 Å². The van der Waals surface area contributed by atoms with Gasteiger partial charge in [0.15, 0.2) is 6.29 Å². The van der Waals surface area contributed by atoms with Crippen LogP contribution in [-0.2, 0) is 14.3 Å². The predicted molar refractivity (Wildman–Crippen MR) is 313 cm³/mol. The van der Waals surface area contributed by atoms with Gasteiger partial charge in [0.05, 0.1) is 25.4 Å². The first-order chi connectivity index (χ1) is 36.3. The molecule has 9 nitrogen and oxygen atoms in total. The van der Waals surface area contributed by atoms with Gasteiger partial charge in [-0.2, -0.15) is 0 Å². The molecule has 1 aliphatic rings. The van der Waals surface area contributed by atoms with Crippen LogP contribution in [0.3, 0.4) is 0 Å². The van der Waals surface area contributed by atoms with E-state index in [1.165, 1.54) is 103 Å². The molecule has 1 saturated heterocycles. The molecule has 0 aromatic carbocycles. The first-order valence-corrected chi connectivity index (χ1v) is 30.1. The minimum Gasteiger partial charge on any atom is -0.394 e. The SMILES string of the molecule is CC/C=C\C/C=C\C/C=C\C/C=C\C/C=C\C/C=C\CCCCCCCCC(=O)NC(COC1OC(CO)C(O)C(O)C1O)C(O)/C=C/CC/C=C/CC/C=C/CCCCCCCCCCCCCCCCCC. The third kappa shape index (κ3) is 42.0. The number of nitrogens with one attached hydrogen (secondary N) is 1. The van der Waals surface area contributed by atoms with Crippen LogP contribution in [0.1, 0.15) is 239 Å². The van der Waals surface area contributed by atoms with Crippen LogP contribution in [0.15, 0.2) is 109 Å². The maximum Gasteiger partial charge on any atom is 0.220 e. The fraction of sp³-hybridized carbons (Fsp3) is 0.708. The van der Waals surface area contributed by atoms with Gasteiger partial charge in [0.2, 0.25) is 5.91 Å². The van der Waals surface area contributed by atoms with Gasteiger partial charge in [-0.05, 0) is 96.3 Å². The van der Waals surface area contributed by atoms with Gasteiger partial charge < -0.3 is 40.3 Å². The molecule has 1 fully saturated rings. The van der Waals surface area contributed by atoms with Crippen LogP contribution < -0.4 is 5.32 Å². The summed E-state index contributed by atoms with van der Waals surface area (Å²) in [6.07, 6.45) is 71.6. The smallest absolute Gasteiger partial charge is 0.220 e. The third-order valence-corrected chi connectivity index (χ3v) is 13.6. The summed E-state index contributed by atoms with van der Waals surface area (Å²) >= 11 is 0. The number of ether oxygens (including phenoxy) is 2. The average molecular weight is 1030 g/mol. The van der Waals surface area contributed by atoms with Crippen molar-refractivity contribution in [1.82, 2.24) is 5.32 Å². The second-order valence-corrected chi connectivity index (χ2v) is 20.4. The Morgan fingerprint density at radius 2 is 0.851 bits per heavy atom. The van der Waals surface area contributed by atoms with E-state index in [-0.39, 0.29) is 12.5 Å². The van der Waals surface area contributed by atoms with Crippen molar-refractivity contribution in [2.24, 2.45) is 0 Å². The first-order valence-electron chi connectivity index (χ1n) is 30.1. The largest absolute Gasteiger partial charge is 0.394 e. The highest BCUT2D eigenvalue weighted by molar-refractivity contribution is 5.76. The van der Waals surface area contributed by atoms with Gasteiger partial charge in [-0.1, -0.05) is 245 Å². The van der Waals surface area contributed by atoms with E-state index in [0.29, 0.717) is 6.42 Å². The lowest BCUT2D eigenvalue weighted by atomic mass is 9.99. The molecule has 0 saturated carbocycles. The highest BCUT2D eigenvalue weighted by Gasteiger charge is 2.44. The number of hydrogen-bond donors (Lipinski definition) is 6.